The molecule has 1 heterocycles. The first kappa shape index (κ1) is 15.3. The minimum atomic E-state index is -1.05. The fourth-order valence-electron chi connectivity index (χ4n) is 2.78. The predicted octanol–water partition coefficient (Wildman–Crippen LogP) is 3.56. The van der Waals surface area contributed by atoms with E-state index < -0.39 is 5.97 Å². The second kappa shape index (κ2) is 5.88. The van der Waals surface area contributed by atoms with Crippen LogP contribution in [0.1, 0.15) is 35.6 Å². The second-order valence-corrected chi connectivity index (χ2v) is 6.07. The van der Waals surface area contributed by atoms with Gasteiger partial charge in [-0.3, -0.25) is 4.79 Å². The third-order valence-corrected chi connectivity index (χ3v) is 4.13. The SMILES string of the molecule is Cc1ccc(C)c(-c2ccc(/C=C/C(=O)O)c(=O)n2C2CC2)c1. The number of rotatable bonds is 4. The van der Waals surface area contributed by atoms with Gasteiger partial charge in [0.05, 0.1) is 5.69 Å². The number of hydrogen-bond acceptors (Lipinski definition) is 2. The molecule has 0 radical (unpaired) electrons. The Morgan fingerprint density at radius 1 is 1.22 bits per heavy atom. The van der Waals surface area contributed by atoms with Gasteiger partial charge in [-0.1, -0.05) is 17.7 Å². The highest BCUT2D eigenvalue weighted by atomic mass is 16.4. The minimum Gasteiger partial charge on any atom is -0.478 e. The van der Waals surface area contributed by atoms with Crippen LogP contribution in [0.2, 0.25) is 0 Å². The second-order valence-electron chi connectivity index (χ2n) is 6.07. The van der Waals surface area contributed by atoms with Crippen molar-refractivity contribution >= 4 is 12.0 Å². The number of hydrogen-bond donors (Lipinski definition) is 1. The van der Waals surface area contributed by atoms with Crippen LogP contribution in [0.3, 0.4) is 0 Å². The van der Waals surface area contributed by atoms with Crippen LogP contribution in [-0.4, -0.2) is 15.6 Å². The lowest BCUT2D eigenvalue weighted by Gasteiger charge is -2.15. The van der Waals surface area contributed by atoms with Crippen LogP contribution in [0.15, 0.2) is 41.2 Å². The van der Waals surface area contributed by atoms with Gasteiger partial charge in [0, 0.05) is 23.2 Å². The number of carboxylic acid groups (broad SMARTS) is 1. The summed E-state index contributed by atoms with van der Waals surface area (Å²) < 4.78 is 1.82. The summed E-state index contributed by atoms with van der Waals surface area (Å²) >= 11 is 0. The molecule has 0 atom stereocenters. The van der Waals surface area contributed by atoms with Crippen LogP contribution in [0.25, 0.3) is 17.3 Å². The molecule has 0 saturated heterocycles. The molecule has 0 spiro atoms. The Kier molecular flexibility index (Phi) is 3.90. The number of nitrogens with zero attached hydrogens (tertiary/aromatic N) is 1. The van der Waals surface area contributed by atoms with Crippen molar-refractivity contribution in [3.8, 4) is 11.3 Å². The van der Waals surface area contributed by atoms with Crippen molar-refractivity contribution in [2.75, 3.05) is 0 Å². The molecule has 23 heavy (non-hydrogen) atoms. The summed E-state index contributed by atoms with van der Waals surface area (Å²) in [6.45, 7) is 4.07. The van der Waals surface area contributed by atoms with E-state index in [1.54, 1.807) is 6.07 Å². The molecule has 4 heteroatoms. The Hall–Kier alpha value is -2.62. The van der Waals surface area contributed by atoms with Crippen molar-refractivity contribution in [1.82, 2.24) is 4.57 Å². The monoisotopic (exact) mass is 309 g/mol. The maximum Gasteiger partial charge on any atom is 0.328 e. The lowest BCUT2D eigenvalue weighted by atomic mass is 10.0. The van der Waals surface area contributed by atoms with Gasteiger partial charge in [-0.2, -0.15) is 0 Å². The maximum atomic E-state index is 12.8. The molecule has 1 saturated carbocycles. The molecule has 0 bridgehead atoms. The zero-order chi connectivity index (χ0) is 16.6. The van der Waals surface area contributed by atoms with Gasteiger partial charge in [0.15, 0.2) is 0 Å². The summed E-state index contributed by atoms with van der Waals surface area (Å²) in [7, 11) is 0. The Labute approximate surface area is 134 Å². The minimum absolute atomic E-state index is 0.122. The topological polar surface area (TPSA) is 59.3 Å². The number of benzene rings is 1. The van der Waals surface area contributed by atoms with E-state index in [0.29, 0.717) is 5.56 Å². The van der Waals surface area contributed by atoms with Gasteiger partial charge in [-0.15, -0.1) is 0 Å². The molecule has 2 aromatic rings. The van der Waals surface area contributed by atoms with E-state index in [9.17, 15) is 9.59 Å². The molecular formula is C19H19NO3. The Morgan fingerprint density at radius 3 is 2.61 bits per heavy atom. The molecule has 0 aliphatic heterocycles. The average Bonchev–Trinajstić information content (AvgIpc) is 3.32. The molecular weight excluding hydrogens is 290 g/mol. The summed E-state index contributed by atoms with van der Waals surface area (Å²) in [6, 6.07) is 10.1. The first-order chi connectivity index (χ1) is 11.0. The van der Waals surface area contributed by atoms with Crippen LogP contribution in [0, 0.1) is 13.8 Å². The molecule has 3 rings (SSSR count). The van der Waals surface area contributed by atoms with Crippen LogP contribution < -0.4 is 5.56 Å². The third-order valence-electron chi connectivity index (χ3n) is 4.13. The number of aromatic nitrogens is 1. The summed E-state index contributed by atoms with van der Waals surface area (Å²) in [5.74, 6) is -1.05. The van der Waals surface area contributed by atoms with Crippen LogP contribution in [-0.2, 0) is 4.79 Å². The first-order valence-electron chi connectivity index (χ1n) is 7.71. The number of carboxylic acids is 1. The summed E-state index contributed by atoms with van der Waals surface area (Å²) in [4.78, 5) is 23.5. The molecule has 1 aliphatic carbocycles. The highest BCUT2D eigenvalue weighted by Crippen LogP contribution is 2.38. The zero-order valence-electron chi connectivity index (χ0n) is 13.2. The molecule has 0 unspecified atom stereocenters. The van der Waals surface area contributed by atoms with Gasteiger partial charge in [0.25, 0.3) is 5.56 Å². The van der Waals surface area contributed by atoms with Crippen molar-refractivity contribution in [1.29, 1.82) is 0 Å². The number of aliphatic carboxylic acids is 1. The molecule has 1 N–H and O–H groups in total. The van der Waals surface area contributed by atoms with E-state index in [1.807, 2.05) is 24.5 Å². The average molecular weight is 309 g/mol. The standard InChI is InChI=1S/C19H19NO3/c1-12-3-4-13(2)16(11-12)17-9-5-14(6-10-18(21)22)19(23)20(17)15-7-8-15/h3-6,9-11,15H,7-8H2,1-2H3,(H,21,22)/b10-6+. The highest BCUT2D eigenvalue weighted by Gasteiger charge is 2.28. The van der Waals surface area contributed by atoms with Crippen molar-refractivity contribution in [2.24, 2.45) is 0 Å². The lowest BCUT2D eigenvalue weighted by Crippen LogP contribution is -2.23. The lowest BCUT2D eigenvalue weighted by molar-refractivity contribution is -0.131. The van der Waals surface area contributed by atoms with Crippen LogP contribution in [0.4, 0.5) is 0 Å². The smallest absolute Gasteiger partial charge is 0.328 e. The van der Waals surface area contributed by atoms with Crippen LogP contribution >= 0.6 is 0 Å². The van der Waals surface area contributed by atoms with Gasteiger partial charge in [-0.05, 0) is 56.5 Å². The fourth-order valence-corrected chi connectivity index (χ4v) is 2.78. The summed E-state index contributed by atoms with van der Waals surface area (Å²) in [5, 5.41) is 8.76. The fraction of sp³-hybridized carbons (Fsp3) is 0.263. The van der Waals surface area contributed by atoms with E-state index in [2.05, 4.69) is 18.2 Å². The molecule has 0 amide bonds. The number of carbonyl (C=O) groups is 1. The maximum absolute atomic E-state index is 12.8. The largest absolute Gasteiger partial charge is 0.478 e. The van der Waals surface area contributed by atoms with E-state index >= 15 is 0 Å². The molecule has 118 valence electrons. The van der Waals surface area contributed by atoms with Gasteiger partial charge < -0.3 is 9.67 Å². The zero-order valence-corrected chi connectivity index (χ0v) is 13.2. The van der Waals surface area contributed by atoms with Gasteiger partial charge in [-0.25, -0.2) is 4.79 Å². The molecule has 1 aliphatic rings. The normalized spacial score (nSPS) is 14.3. The number of pyridine rings is 1. The van der Waals surface area contributed by atoms with Crippen molar-refractivity contribution < 1.29 is 9.90 Å². The number of aryl methyl sites for hydroxylation is 2. The molecule has 1 aromatic carbocycles. The van der Waals surface area contributed by atoms with E-state index in [1.165, 1.54) is 6.08 Å². The van der Waals surface area contributed by atoms with E-state index in [0.717, 1.165) is 41.3 Å². The van der Waals surface area contributed by atoms with Crippen LogP contribution in [0.5, 0.6) is 0 Å². The van der Waals surface area contributed by atoms with Crippen molar-refractivity contribution in [2.45, 2.75) is 32.7 Å². The van der Waals surface area contributed by atoms with E-state index in [4.69, 9.17) is 5.11 Å². The summed E-state index contributed by atoms with van der Waals surface area (Å²) in [6.07, 6.45) is 4.36. The Morgan fingerprint density at radius 2 is 1.96 bits per heavy atom. The molecule has 1 fully saturated rings. The Balaban J connectivity index is 2.19. The molecule has 4 nitrogen and oxygen atoms in total. The highest BCUT2D eigenvalue weighted by molar-refractivity contribution is 5.85. The van der Waals surface area contributed by atoms with Gasteiger partial charge >= 0.3 is 5.97 Å². The van der Waals surface area contributed by atoms with Crippen molar-refractivity contribution in [3.63, 3.8) is 0 Å². The van der Waals surface area contributed by atoms with Crippen molar-refractivity contribution in [3.05, 3.63) is 63.5 Å². The summed E-state index contributed by atoms with van der Waals surface area (Å²) in [5.41, 5.74) is 4.53. The van der Waals surface area contributed by atoms with Gasteiger partial charge in [0.2, 0.25) is 0 Å². The quantitative estimate of drug-likeness (QED) is 0.878. The molecule has 1 aromatic heterocycles. The first-order valence-corrected chi connectivity index (χ1v) is 7.71. The van der Waals surface area contributed by atoms with E-state index in [-0.39, 0.29) is 11.6 Å². The van der Waals surface area contributed by atoms with Gasteiger partial charge in [0.1, 0.15) is 0 Å². The Bertz CT molecular complexity index is 857. The third kappa shape index (κ3) is 3.11. The predicted molar refractivity (Wildman–Crippen MR) is 90.6 cm³/mol.